The van der Waals surface area contributed by atoms with Crippen LogP contribution in [0.2, 0.25) is 0 Å². The summed E-state index contributed by atoms with van der Waals surface area (Å²) in [6.45, 7) is 0.169. The van der Waals surface area contributed by atoms with E-state index >= 15 is 0 Å². The number of nitrogens with two attached hydrogens (primary N) is 2. The van der Waals surface area contributed by atoms with Crippen LogP contribution in [-0.4, -0.2) is 34.9 Å². The van der Waals surface area contributed by atoms with Crippen molar-refractivity contribution in [1.29, 1.82) is 0 Å². The van der Waals surface area contributed by atoms with Gasteiger partial charge in [0.25, 0.3) is 11.8 Å². The fourth-order valence-corrected chi connectivity index (χ4v) is 3.14. The van der Waals surface area contributed by atoms with Crippen LogP contribution in [-0.2, 0) is 16.1 Å². The summed E-state index contributed by atoms with van der Waals surface area (Å²) in [5.74, 6) is -1.27. The molecule has 3 rings (SSSR count). The summed E-state index contributed by atoms with van der Waals surface area (Å²) in [7, 11) is 0. The van der Waals surface area contributed by atoms with E-state index in [0.717, 1.165) is 10.5 Å². The third-order valence-electron chi connectivity index (χ3n) is 4.70. The van der Waals surface area contributed by atoms with Gasteiger partial charge in [-0.25, -0.2) is 0 Å². The third-order valence-corrected chi connectivity index (χ3v) is 4.70. The van der Waals surface area contributed by atoms with Crippen LogP contribution in [0.1, 0.15) is 45.5 Å². The zero-order valence-electron chi connectivity index (χ0n) is 15.4. The highest BCUT2D eigenvalue weighted by Crippen LogP contribution is 2.24. The Labute approximate surface area is 163 Å². The lowest BCUT2D eigenvalue weighted by Gasteiger charge is -2.22. The Hall–Kier alpha value is -3.03. The van der Waals surface area contributed by atoms with E-state index in [9.17, 15) is 14.4 Å². The van der Waals surface area contributed by atoms with E-state index in [0.29, 0.717) is 30.4 Å². The molecule has 2 aromatic rings. The Kier molecular flexibility index (Phi) is 6.18. The number of amides is 2. The molecule has 7 nitrogen and oxygen atoms in total. The van der Waals surface area contributed by atoms with Crippen LogP contribution >= 0.6 is 0 Å². The number of fused-ring (bicyclic) bond motifs is 1. The average molecular weight is 381 g/mol. The minimum absolute atomic E-state index is 0.169. The van der Waals surface area contributed by atoms with E-state index in [-0.39, 0.29) is 18.4 Å². The quantitative estimate of drug-likeness (QED) is 0.532. The molecule has 4 N–H and O–H groups in total. The van der Waals surface area contributed by atoms with Gasteiger partial charge in [0.15, 0.2) is 0 Å². The van der Waals surface area contributed by atoms with Gasteiger partial charge < -0.3 is 16.2 Å². The summed E-state index contributed by atoms with van der Waals surface area (Å²) >= 11 is 0. The van der Waals surface area contributed by atoms with Crippen molar-refractivity contribution in [2.24, 2.45) is 11.5 Å². The lowest BCUT2D eigenvalue weighted by atomic mass is 10.1. The van der Waals surface area contributed by atoms with Gasteiger partial charge in [-0.3, -0.25) is 19.3 Å². The number of imide groups is 1. The predicted molar refractivity (Wildman–Crippen MR) is 103 cm³/mol. The molecule has 0 bridgehead atoms. The number of ether oxygens (including phenoxy) is 1. The number of esters is 1. The second kappa shape index (κ2) is 8.77. The number of rotatable bonds is 8. The second-order valence-electron chi connectivity index (χ2n) is 6.72. The van der Waals surface area contributed by atoms with Crippen LogP contribution in [0.15, 0.2) is 54.6 Å². The molecule has 2 atom stereocenters. The standard InChI is InChI=1S/C21H23N3O4/c22-17(21(27)28-13-14-7-2-1-3-8-14)11-6-12-18(23)24-19(25)15-9-4-5-10-16(15)20(24)26/h1-5,7-10,17-18H,6,11-13,22-23H2/t17-,18?/m1/s1. The summed E-state index contributed by atoms with van der Waals surface area (Å²) < 4.78 is 5.21. The normalized spacial score (nSPS) is 15.3. The van der Waals surface area contributed by atoms with Crippen LogP contribution in [0.3, 0.4) is 0 Å². The zero-order valence-corrected chi connectivity index (χ0v) is 15.4. The Morgan fingerprint density at radius 3 is 2.07 bits per heavy atom. The van der Waals surface area contributed by atoms with Gasteiger partial charge in [0, 0.05) is 0 Å². The first-order valence-electron chi connectivity index (χ1n) is 9.17. The van der Waals surface area contributed by atoms with E-state index in [2.05, 4.69) is 0 Å². The molecular weight excluding hydrogens is 358 g/mol. The summed E-state index contributed by atoms with van der Waals surface area (Å²) in [5.41, 5.74) is 13.6. The van der Waals surface area contributed by atoms with Crippen molar-refractivity contribution in [3.05, 3.63) is 71.3 Å². The second-order valence-corrected chi connectivity index (χ2v) is 6.72. The van der Waals surface area contributed by atoms with Crippen LogP contribution in [0.25, 0.3) is 0 Å². The maximum atomic E-state index is 12.4. The molecule has 7 heteroatoms. The molecule has 0 saturated heterocycles. The topological polar surface area (TPSA) is 116 Å². The van der Waals surface area contributed by atoms with Crippen molar-refractivity contribution in [3.63, 3.8) is 0 Å². The Balaban J connectivity index is 1.45. The van der Waals surface area contributed by atoms with Crippen molar-refractivity contribution in [2.45, 2.75) is 38.1 Å². The van der Waals surface area contributed by atoms with E-state index in [1.54, 1.807) is 24.3 Å². The monoisotopic (exact) mass is 381 g/mol. The molecule has 2 amide bonds. The largest absolute Gasteiger partial charge is 0.460 e. The maximum absolute atomic E-state index is 12.4. The molecule has 28 heavy (non-hydrogen) atoms. The highest BCUT2D eigenvalue weighted by molar-refractivity contribution is 6.21. The van der Waals surface area contributed by atoms with E-state index in [1.165, 1.54) is 0 Å². The lowest BCUT2D eigenvalue weighted by molar-refractivity contribution is -0.146. The fraction of sp³-hybridized carbons (Fsp3) is 0.286. The highest BCUT2D eigenvalue weighted by atomic mass is 16.5. The Bertz CT molecular complexity index is 834. The molecule has 0 fully saturated rings. The van der Waals surface area contributed by atoms with Gasteiger partial charge in [-0.15, -0.1) is 0 Å². The highest BCUT2D eigenvalue weighted by Gasteiger charge is 2.38. The summed E-state index contributed by atoms with van der Waals surface area (Å²) in [4.78, 5) is 37.9. The first-order chi connectivity index (χ1) is 13.5. The van der Waals surface area contributed by atoms with Gasteiger partial charge in [-0.1, -0.05) is 42.5 Å². The third kappa shape index (κ3) is 4.27. The Morgan fingerprint density at radius 1 is 0.893 bits per heavy atom. The molecule has 0 spiro atoms. The molecule has 0 saturated carbocycles. The molecule has 1 aliphatic heterocycles. The molecule has 0 radical (unpaired) electrons. The fourth-order valence-electron chi connectivity index (χ4n) is 3.14. The molecule has 1 unspecified atom stereocenters. The molecular formula is C21H23N3O4. The summed E-state index contributed by atoms with van der Waals surface area (Å²) in [6, 6.07) is 15.2. The van der Waals surface area contributed by atoms with Gasteiger partial charge in [0.2, 0.25) is 0 Å². The first kappa shape index (κ1) is 19.7. The van der Waals surface area contributed by atoms with Gasteiger partial charge in [-0.2, -0.15) is 0 Å². The van der Waals surface area contributed by atoms with Crippen LogP contribution in [0, 0.1) is 0 Å². The van der Waals surface area contributed by atoms with Crippen molar-refractivity contribution < 1.29 is 19.1 Å². The average Bonchev–Trinajstić information content (AvgIpc) is 2.97. The first-order valence-corrected chi connectivity index (χ1v) is 9.17. The van der Waals surface area contributed by atoms with E-state index in [4.69, 9.17) is 16.2 Å². The summed E-state index contributed by atoms with van der Waals surface area (Å²) in [5, 5.41) is 0. The Morgan fingerprint density at radius 2 is 1.46 bits per heavy atom. The number of hydrogen-bond donors (Lipinski definition) is 2. The smallest absolute Gasteiger partial charge is 0.323 e. The van der Waals surface area contributed by atoms with Gasteiger partial charge >= 0.3 is 5.97 Å². The molecule has 146 valence electrons. The van der Waals surface area contributed by atoms with Gasteiger partial charge in [0.1, 0.15) is 12.6 Å². The number of carbonyl (C=O) groups excluding carboxylic acids is 3. The van der Waals surface area contributed by atoms with Crippen molar-refractivity contribution in [1.82, 2.24) is 4.90 Å². The maximum Gasteiger partial charge on any atom is 0.323 e. The molecule has 0 aliphatic carbocycles. The number of carbonyl (C=O) groups is 3. The van der Waals surface area contributed by atoms with Crippen LogP contribution in [0.4, 0.5) is 0 Å². The van der Waals surface area contributed by atoms with Crippen LogP contribution < -0.4 is 11.5 Å². The van der Waals surface area contributed by atoms with Crippen LogP contribution in [0.5, 0.6) is 0 Å². The minimum Gasteiger partial charge on any atom is -0.460 e. The lowest BCUT2D eigenvalue weighted by Crippen LogP contribution is -2.45. The molecule has 2 aromatic carbocycles. The molecule has 1 heterocycles. The predicted octanol–water partition coefficient (Wildman–Crippen LogP) is 1.81. The SMILES string of the molecule is NC(CCC[C@@H](N)C(=O)OCc1ccccc1)N1C(=O)c2ccccc2C1=O. The van der Waals surface area contributed by atoms with Crippen molar-refractivity contribution in [3.8, 4) is 0 Å². The number of benzene rings is 2. The summed E-state index contributed by atoms with van der Waals surface area (Å²) in [6.07, 6.45) is 0.422. The number of hydrogen-bond acceptors (Lipinski definition) is 6. The van der Waals surface area contributed by atoms with Crippen molar-refractivity contribution >= 4 is 17.8 Å². The van der Waals surface area contributed by atoms with Crippen molar-refractivity contribution in [2.75, 3.05) is 0 Å². The van der Waals surface area contributed by atoms with E-state index < -0.39 is 18.2 Å². The van der Waals surface area contributed by atoms with E-state index in [1.807, 2.05) is 30.3 Å². The zero-order chi connectivity index (χ0) is 20.1. The minimum atomic E-state index is -0.780. The molecule has 1 aliphatic rings. The number of nitrogens with zero attached hydrogens (tertiary/aromatic N) is 1. The molecule has 0 aromatic heterocycles. The van der Waals surface area contributed by atoms with Gasteiger partial charge in [-0.05, 0) is 37.0 Å². The van der Waals surface area contributed by atoms with Gasteiger partial charge in [0.05, 0.1) is 17.3 Å².